The molecule has 0 aliphatic carbocycles. The number of guanidine groups is 1. The van der Waals surface area contributed by atoms with Crippen LogP contribution in [0.1, 0.15) is 42.1 Å². The van der Waals surface area contributed by atoms with Crippen LogP contribution in [0.25, 0.3) is 0 Å². The van der Waals surface area contributed by atoms with Crippen LogP contribution in [0.15, 0.2) is 34.6 Å². The van der Waals surface area contributed by atoms with Crippen LogP contribution in [-0.2, 0) is 12.8 Å². The quantitative estimate of drug-likeness (QED) is 0.286. The lowest BCUT2D eigenvalue weighted by Crippen LogP contribution is -2.43. The van der Waals surface area contributed by atoms with E-state index in [9.17, 15) is 0 Å². The summed E-state index contributed by atoms with van der Waals surface area (Å²) >= 11 is 1.74. The van der Waals surface area contributed by atoms with Gasteiger partial charge in [-0.3, -0.25) is 9.89 Å². The normalized spacial score (nSPS) is 15.5. The standard InChI is InChI=1S/C22H33N5OS.HI/c1-4-21-26-18(16-29-21)11-12-24-22(23-2)25-15-20(27-13-5-6-14-27)17-7-9-19(28-3)10-8-17;/h7-10,16,20H,4-6,11-15H2,1-3H3,(H2,23,24,25);1H. The molecule has 1 saturated heterocycles. The molecule has 166 valence electrons. The van der Waals surface area contributed by atoms with Gasteiger partial charge in [0.15, 0.2) is 5.96 Å². The Hall–Kier alpha value is -1.39. The van der Waals surface area contributed by atoms with Crippen molar-refractivity contribution >= 4 is 41.3 Å². The summed E-state index contributed by atoms with van der Waals surface area (Å²) in [6.45, 7) is 6.08. The van der Waals surface area contributed by atoms with Gasteiger partial charge in [-0.1, -0.05) is 19.1 Å². The smallest absolute Gasteiger partial charge is 0.191 e. The molecule has 3 rings (SSSR count). The minimum absolute atomic E-state index is 0. The molecule has 1 fully saturated rings. The van der Waals surface area contributed by atoms with E-state index in [2.05, 4.69) is 49.9 Å². The van der Waals surface area contributed by atoms with Gasteiger partial charge in [-0.2, -0.15) is 0 Å². The Bertz CT molecular complexity index is 774. The highest BCUT2D eigenvalue weighted by molar-refractivity contribution is 14.0. The van der Waals surface area contributed by atoms with Crippen LogP contribution in [0.3, 0.4) is 0 Å². The molecule has 1 aliphatic heterocycles. The van der Waals surface area contributed by atoms with Crippen LogP contribution in [0, 0.1) is 0 Å². The highest BCUT2D eigenvalue weighted by atomic mass is 127. The SMILES string of the molecule is CCc1nc(CCNC(=NC)NCC(c2ccc(OC)cc2)N2CCCC2)cs1.I. The monoisotopic (exact) mass is 543 g/mol. The molecule has 0 amide bonds. The minimum atomic E-state index is 0. The molecule has 2 aromatic rings. The second kappa shape index (κ2) is 13.1. The molecule has 1 atom stereocenters. The molecule has 8 heteroatoms. The van der Waals surface area contributed by atoms with Gasteiger partial charge >= 0.3 is 0 Å². The number of aryl methyl sites for hydroxylation is 1. The van der Waals surface area contributed by atoms with Crippen molar-refractivity contribution in [3.8, 4) is 5.75 Å². The van der Waals surface area contributed by atoms with E-state index in [0.29, 0.717) is 6.04 Å². The Kier molecular flexibility index (Phi) is 10.9. The Morgan fingerprint density at radius 2 is 1.97 bits per heavy atom. The molecule has 30 heavy (non-hydrogen) atoms. The average molecular weight is 544 g/mol. The van der Waals surface area contributed by atoms with Crippen LogP contribution < -0.4 is 15.4 Å². The zero-order valence-electron chi connectivity index (χ0n) is 18.2. The van der Waals surface area contributed by atoms with E-state index in [0.717, 1.165) is 56.4 Å². The number of thiazole rings is 1. The number of ether oxygens (including phenoxy) is 1. The van der Waals surface area contributed by atoms with Crippen LogP contribution in [0.2, 0.25) is 0 Å². The maximum absolute atomic E-state index is 5.32. The lowest BCUT2D eigenvalue weighted by molar-refractivity contribution is 0.245. The molecule has 1 aromatic carbocycles. The van der Waals surface area contributed by atoms with Crippen LogP contribution in [0.5, 0.6) is 5.75 Å². The molecule has 1 aliphatic rings. The predicted molar refractivity (Wildman–Crippen MR) is 137 cm³/mol. The molecule has 0 bridgehead atoms. The van der Waals surface area contributed by atoms with E-state index >= 15 is 0 Å². The van der Waals surface area contributed by atoms with Gasteiger partial charge in [0, 0.05) is 31.9 Å². The summed E-state index contributed by atoms with van der Waals surface area (Å²) in [6, 6.07) is 8.77. The molecular weight excluding hydrogens is 509 g/mol. The number of likely N-dealkylation sites (tertiary alicyclic amines) is 1. The van der Waals surface area contributed by atoms with E-state index in [4.69, 9.17) is 4.74 Å². The zero-order chi connectivity index (χ0) is 20.5. The van der Waals surface area contributed by atoms with Crippen molar-refractivity contribution in [2.45, 2.75) is 38.6 Å². The minimum Gasteiger partial charge on any atom is -0.497 e. The van der Waals surface area contributed by atoms with Gasteiger partial charge < -0.3 is 15.4 Å². The van der Waals surface area contributed by atoms with E-state index in [1.54, 1.807) is 18.4 Å². The topological polar surface area (TPSA) is 61.8 Å². The Balaban J connectivity index is 0.00000320. The zero-order valence-corrected chi connectivity index (χ0v) is 21.3. The fourth-order valence-electron chi connectivity index (χ4n) is 3.69. The van der Waals surface area contributed by atoms with Crippen molar-refractivity contribution in [1.82, 2.24) is 20.5 Å². The number of halogens is 1. The molecule has 0 spiro atoms. The number of hydrogen-bond donors (Lipinski definition) is 2. The van der Waals surface area contributed by atoms with Gasteiger partial charge in [0.2, 0.25) is 0 Å². The number of benzene rings is 1. The van der Waals surface area contributed by atoms with Crippen molar-refractivity contribution in [3.63, 3.8) is 0 Å². The van der Waals surface area contributed by atoms with Crippen LogP contribution >= 0.6 is 35.3 Å². The third-order valence-electron chi connectivity index (χ3n) is 5.34. The molecule has 1 unspecified atom stereocenters. The van der Waals surface area contributed by atoms with Crippen molar-refractivity contribution < 1.29 is 4.74 Å². The number of aliphatic imine (C=N–C) groups is 1. The van der Waals surface area contributed by atoms with Crippen LogP contribution in [0.4, 0.5) is 0 Å². The van der Waals surface area contributed by atoms with Crippen molar-refractivity contribution in [3.05, 3.63) is 45.9 Å². The summed E-state index contributed by atoms with van der Waals surface area (Å²) in [6.07, 6.45) is 4.45. The molecule has 1 aromatic heterocycles. The number of nitrogens with zero attached hydrogens (tertiary/aromatic N) is 3. The summed E-state index contributed by atoms with van der Waals surface area (Å²) in [5.41, 5.74) is 2.47. The fraction of sp³-hybridized carbons (Fsp3) is 0.545. The summed E-state index contributed by atoms with van der Waals surface area (Å²) in [5.74, 6) is 1.74. The number of rotatable bonds is 9. The van der Waals surface area contributed by atoms with E-state index < -0.39 is 0 Å². The van der Waals surface area contributed by atoms with Crippen molar-refractivity contribution in [2.24, 2.45) is 4.99 Å². The Morgan fingerprint density at radius 1 is 1.23 bits per heavy atom. The number of hydrogen-bond acceptors (Lipinski definition) is 5. The Morgan fingerprint density at radius 3 is 2.57 bits per heavy atom. The maximum atomic E-state index is 5.32. The van der Waals surface area contributed by atoms with Gasteiger partial charge in [-0.25, -0.2) is 4.98 Å². The van der Waals surface area contributed by atoms with Crippen LogP contribution in [-0.4, -0.2) is 56.2 Å². The van der Waals surface area contributed by atoms with E-state index in [-0.39, 0.29) is 24.0 Å². The van der Waals surface area contributed by atoms with E-state index in [1.807, 2.05) is 19.2 Å². The lowest BCUT2D eigenvalue weighted by atomic mass is 10.1. The number of methoxy groups -OCH3 is 1. The molecule has 0 radical (unpaired) electrons. The predicted octanol–water partition coefficient (Wildman–Crippen LogP) is 3.88. The highest BCUT2D eigenvalue weighted by Crippen LogP contribution is 2.26. The summed E-state index contributed by atoms with van der Waals surface area (Å²) in [5, 5.41) is 10.3. The van der Waals surface area contributed by atoms with Crippen molar-refractivity contribution in [2.75, 3.05) is 40.3 Å². The third kappa shape index (κ3) is 7.09. The summed E-state index contributed by atoms with van der Waals surface area (Å²) in [7, 11) is 3.53. The summed E-state index contributed by atoms with van der Waals surface area (Å²) in [4.78, 5) is 11.6. The van der Waals surface area contributed by atoms with Gasteiger partial charge in [0.25, 0.3) is 0 Å². The van der Waals surface area contributed by atoms with Gasteiger partial charge in [0.1, 0.15) is 5.75 Å². The first kappa shape index (κ1) is 24.9. The lowest BCUT2D eigenvalue weighted by Gasteiger charge is -2.29. The molecule has 2 heterocycles. The largest absolute Gasteiger partial charge is 0.497 e. The first-order chi connectivity index (χ1) is 14.2. The second-order valence-electron chi connectivity index (χ2n) is 7.25. The average Bonchev–Trinajstić information content (AvgIpc) is 3.45. The first-order valence-electron chi connectivity index (χ1n) is 10.5. The maximum Gasteiger partial charge on any atom is 0.191 e. The van der Waals surface area contributed by atoms with Gasteiger partial charge in [0.05, 0.1) is 23.9 Å². The molecule has 2 N–H and O–H groups in total. The van der Waals surface area contributed by atoms with E-state index in [1.165, 1.54) is 23.4 Å². The highest BCUT2D eigenvalue weighted by Gasteiger charge is 2.23. The third-order valence-corrected chi connectivity index (χ3v) is 6.39. The first-order valence-corrected chi connectivity index (χ1v) is 11.4. The fourth-order valence-corrected chi connectivity index (χ4v) is 4.47. The van der Waals surface area contributed by atoms with Gasteiger partial charge in [-0.15, -0.1) is 35.3 Å². The second-order valence-corrected chi connectivity index (χ2v) is 8.19. The van der Waals surface area contributed by atoms with Gasteiger partial charge in [-0.05, 0) is 50.0 Å². The van der Waals surface area contributed by atoms with Crippen molar-refractivity contribution in [1.29, 1.82) is 0 Å². The molecule has 6 nitrogen and oxygen atoms in total. The molecular formula is C22H34IN5OS. The summed E-state index contributed by atoms with van der Waals surface area (Å²) < 4.78 is 5.32. The number of aromatic nitrogens is 1. The Labute approximate surface area is 201 Å². The number of nitrogens with one attached hydrogen (secondary N) is 2. The molecule has 0 saturated carbocycles.